The number of aromatic nitrogens is 3. The number of carbonyl (C=O) groups is 1. The molecule has 2 aromatic heterocycles. The van der Waals surface area contributed by atoms with Crippen molar-refractivity contribution < 1.29 is 4.79 Å². The van der Waals surface area contributed by atoms with E-state index in [1.54, 1.807) is 30.2 Å². The quantitative estimate of drug-likeness (QED) is 0.737. The zero-order valence-corrected chi connectivity index (χ0v) is 11.4. The van der Waals surface area contributed by atoms with Gasteiger partial charge in [-0.05, 0) is 11.5 Å². The number of carbonyl (C=O) groups excluding carboxylic acids is 1. The summed E-state index contributed by atoms with van der Waals surface area (Å²) in [5.41, 5.74) is 0.890. The summed E-state index contributed by atoms with van der Waals surface area (Å²) >= 11 is 6.11. The monoisotopic (exact) mass is 286 g/mol. The van der Waals surface area contributed by atoms with E-state index in [1.165, 1.54) is 0 Å². The number of pyridine rings is 1. The molecular weight excluding hydrogens is 276 g/mol. The van der Waals surface area contributed by atoms with Crippen LogP contribution in [0.15, 0.2) is 42.7 Å². The number of amides is 1. The maximum absolute atomic E-state index is 12.1. The number of aryl methyl sites for hydroxylation is 1. The smallest absolute Gasteiger partial charge is 0.274 e. The van der Waals surface area contributed by atoms with Gasteiger partial charge in [0.15, 0.2) is 0 Å². The van der Waals surface area contributed by atoms with E-state index in [9.17, 15) is 4.79 Å². The third-order valence-corrected chi connectivity index (χ3v) is 3.18. The van der Waals surface area contributed by atoms with Crippen LogP contribution in [0.3, 0.4) is 0 Å². The first kappa shape index (κ1) is 12.6. The van der Waals surface area contributed by atoms with Crippen LogP contribution in [0.25, 0.3) is 10.8 Å². The molecule has 0 spiro atoms. The van der Waals surface area contributed by atoms with Crippen LogP contribution < -0.4 is 5.32 Å². The Morgan fingerprint density at radius 3 is 2.90 bits per heavy atom. The number of nitrogens with zero attached hydrogens (tertiary/aromatic N) is 3. The van der Waals surface area contributed by atoms with Crippen LogP contribution in [0.4, 0.5) is 5.69 Å². The number of hydrogen-bond acceptors (Lipinski definition) is 3. The van der Waals surface area contributed by atoms with Crippen molar-refractivity contribution in [2.24, 2.45) is 7.05 Å². The topological polar surface area (TPSA) is 59.8 Å². The van der Waals surface area contributed by atoms with Crippen LogP contribution in [-0.2, 0) is 7.05 Å². The number of hydrogen-bond donors (Lipinski definition) is 1. The molecule has 100 valence electrons. The molecule has 0 unspecified atom stereocenters. The summed E-state index contributed by atoms with van der Waals surface area (Å²) < 4.78 is 1.61. The Hall–Kier alpha value is -2.40. The third-order valence-electron chi connectivity index (χ3n) is 2.89. The molecule has 3 aromatic rings. The Morgan fingerprint density at radius 2 is 2.15 bits per heavy atom. The van der Waals surface area contributed by atoms with Gasteiger partial charge in [0.1, 0.15) is 10.8 Å². The maximum atomic E-state index is 12.1. The molecule has 0 atom stereocenters. The minimum atomic E-state index is -0.314. The first-order chi connectivity index (χ1) is 9.63. The highest BCUT2D eigenvalue weighted by molar-refractivity contribution is 6.34. The second-order valence-electron chi connectivity index (χ2n) is 4.38. The van der Waals surface area contributed by atoms with Crippen LogP contribution >= 0.6 is 11.6 Å². The fourth-order valence-electron chi connectivity index (χ4n) is 1.95. The molecule has 0 aliphatic heterocycles. The number of nitrogens with one attached hydrogen (secondary N) is 1. The Morgan fingerprint density at radius 1 is 1.35 bits per heavy atom. The van der Waals surface area contributed by atoms with Crippen LogP contribution in [0.5, 0.6) is 0 Å². The second kappa shape index (κ2) is 4.94. The number of benzene rings is 1. The van der Waals surface area contributed by atoms with Crippen LogP contribution in [-0.4, -0.2) is 20.7 Å². The van der Waals surface area contributed by atoms with Crippen molar-refractivity contribution in [2.75, 3.05) is 5.32 Å². The lowest BCUT2D eigenvalue weighted by Gasteiger charge is -2.05. The van der Waals surface area contributed by atoms with Gasteiger partial charge in [-0.2, -0.15) is 5.10 Å². The zero-order chi connectivity index (χ0) is 14.1. The van der Waals surface area contributed by atoms with Gasteiger partial charge in [0.2, 0.25) is 0 Å². The molecule has 2 heterocycles. The van der Waals surface area contributed by atoms with Gasteiger partial charge in [-0.3, -0.25) is 9.48 Å². The van der Waals surface area contributed by atoms with Gasteiger partial charge in [0.25, 0.3) is 5.91 Å². The molecule has 5 nitrogen and oxygen atoms in total. The predicted octanol–water partition coefficient (Wildman–Crippen LogP) is 2.87. The summed E-state index contributed by atoms with van der Waals surface area (Å²) in [5, 5.41) is 8.74. The standard InChI is InChI=1S/C14H11ClN4O/c1-19-8-10(7-16-19)17-14(20)12-6-9-4-2-3-5-11(9)13(15)18-12/h2-8H,1H3,(H,17,20). The maximum Gasteiger partial charge on any atom is 0.274 e. The molecule has 0 fully saturated rings. The lowest BCUT2D eigenvalue weighted by atomic mass is 10.1. The summed E-state index contributed by atoms with van der Waals surface area (Å²) in [5.74, 6) is -0.314. The van der Waals surface area contributed by atoms with Crippen molar-refractivity contribution in [2.45, 2.75) is 0 Å². The average molecular weight is 287 g/mol. The molecule has 1 N–H and O–H groups in total. The number of halogens is 1. The Bertz CT molecular complexity index is 797. The van der Waals surface area contributed by atoms with Crippen molar-refractivity contribution >= 4 is 34.0 Å². The molecule has 0 bridgehead atoms. The van der Waals surface area contributed by atoms with E-state index in [0.29, 0.717) is 10.8 Å². The molecule has 1 amide bonds. The molecule has 0 aliphatic rings. The SMILES string of the molecule is Cn1cc(NC(=O)c2cc3ccccc3c(Cl)n2)cn1. The molecule has 3 rings (SSSR count). The van der Waals surface area contributed by atoms with E-state index in [1.807, 2.05) is 24.3 Å². The summed E-state index contributed by atoms with van der Waals surface area (Å²) in [7, 11) is 1.78. The number of fused-ring (bicyclic) bond motifs is 1. The minimum Gasteiger partial charge on any atom is -0.318 e. The fourth-order valence-corrected chi connectivity index (χ4v) is 2.22. The third kappa shape index (κ3) is 2.35. The van der Waals surface area contributed by atoms with E-state index < -0.39 is 0 Å². The molecule has 1 aromatic carbocycles. The van der Waals surface area contributed by atoms with Crippen LogP contribution in [0.1, 0.15) is 10.5 Å². The molecule has 0 radical (unpaired) electrons. The molecule has 0 aliphatic carbocycles. The van der Waals surface area contributed by atoms with E-state index in [2.05, 4.69) is 15.4 Å². The van der Waals surface area contributed by atoms with Crippen LogP contribution in [0, 0.1) is 0 Å². The molecule has 6 heteroatoms. The Kier molecular flexibility index (Phi) is 3.12. The predicted molar refractivity (Wildman–Crippen MR) is 77.9 cm³/mol. The van der Waals surface area contributed by atoms with Gasteiger partial charge < -0.3 is 5.32 Å². The Balaban J connectivity index is 1.95. The normalized spacial score (nSPS) is 10.7. The lowest BCUT2D eigenvalue weighted by Crippen LogP contribution is -2.13. The van der Waals surface area contributed by atoms with Gasteiger partial charge in [-0.1, -0.05) is 35.9 Å². The van der Waals surface area contributed by atoms with Crippen molar-refractivity contribution in [1.29, 1.82) is 0 Å². The van der Waals surface area contributed by atoms with Crippen molar-refractivity contribution in [1.82, 2.24) is 14.8 Å². The largest absolute Gasteiger partial charge is 0.318 e. The molecular formula is C14H11ClN4O. The van der Waals surface area contributed by atoms with Crippen molar-refractivity contribution in [3.8, 4) is 0 Å². The highest BCUT2D eigenvalue weighted by atomic mass is 35.5. The minimum absolute atomic E-state index is 0.276. The van der Waals surface area contributed by atoms with Crippen molar-refractivity contribution in [3.05, 3.63) is 53.6 Å². The summed E-state index contributed by atoms with van der Waals surface area (Å²) in [6.45, 7) is 0. The number of anilines is 1. The van der Waals surface area contributed by atoms with Gasteiger partial charge in [-0.25, -0.2) is 4.98 Å². The second-order valence-corrected chi connectivity index (χ2v) is 4.73. The summed E-state index contributed by atoms with van der Waals surface area (Å²) in [6.07, 6.45) is 3.28. The average Bonchev–Trinajstić information content (AvgIpc) is 2.84. The first-order valence-electron chi connectivity index (χ1n) is 5.99. The van der Waals surface area contributed by atoms with Crippen LogP contribution in [0.2, 0.25) is 5.15 Å². The molecule has 20 heavy (non-hydrogen) atoms. The highest BCUT2D eigenvalue weighted by Gasteiger charge is 2.12. The van der Waals surface area contributed by atoms with E-state index >= 15 is 0 Å². The molecule has 0 saturated carbocycles. The van der Waals surface area contributed by atoms with Gasteiger partial charge in [-0.15, -0.1) is 0 Å². The van der Waals surface area contributed by atoms with Gasteiger partial charge >= 0.3 is 0 Å². The lowest BCUT2D eigenvalue weighted by molar-refractivity contribution is 0.102. The first-order valence-corrected chi connectivity index (χ1v) is 6.36. The van der Waals surface area contributed by atoms with E-state index in [-0.39, 0.29) is 11.6 Å². The summed E-state index contributed by atoms with van der Waals surface area (Å²) in [6, 6.07) is 9.25. The number of rotatable bonds is 2. The van der Waals surface area contributed by atoms with Gasteiger partial charge in [0.05, 0.1) is 11.9 Å². The molecule has 0 saturated heterocycles. The van der Waals surface area contributed by atoms with Gasteiger partial charge in [0, 0.05) is 18.6 Å². The van der Waals surface area contributed by atoms with Crippen molar-refractivity contribution in [3.63, 3.8) is 0 Å². The fraction of sp³-hybridized carbons (Fsp3) is 0.0714. The Labute approximate surface area is 120 Å². The zero-order valence-electron chi connectivity index (χ0n) is 10.7. The van der Waals surface area contributed by atoms with E-state index in [4.69, 9.17) is 11.6 Å². The highest BCUT2D eigenvalue weighted by Crippen LogP contribution is 2.22. The summed E-state index contributed by atoms with van der Waals surface area (Å²) in [4.78, 5) is 16.3. The van der Waals surface area contributed by atoms with E-state index in [0.717, 1.165) is 10.8 Å².